The maximum absolute atomic E-state index is 13.4. The predicted octanol–water partition coefficient (Wildman–Crippen LogP) is 3.98. The fraction of sp³-hybridized carbons (Fsp3) is 0.464. The highest BCUT2D eigenvalue weighted by Gasteiger charge is 2.47. The number of imide groups is 1. The van der Waals surface area contributed by atoms with Crippen molar-refractivity contribution in [2.75, 3.05) is 45.7 Å². The number of nitrogens with zero attached hydrogens (tertiary/aromatic N) is 1. The number of Topliss-reactive ketones (excluding diaryl/α,β-unsaturated/α-hetero) is 1. The number of ketones is 1. The zero-order chi connectivity index (χ0) is 32.3. The number of alkyl halides is 3. The van der Waals surface area contributed by atoms with E-state index in [1.807, 2.05) is 0 Å². The average molecular weight is 679 g/mol. The van der Waals surface area contributed by atoms with E-state index in [1.54, 1.807) is 0 Å². The number of hydrogen-bond acceptors (Lipinski definition) is 9. The van der Waals surface area contributed by atoms with Gasteiger partial charge in [-0.25, -0.2) is 13.2 Å². The largest absolute Gasteiger partial charge is 0.496 e. The Hall–Kier alpha value is -3.76. The minimum absolute atomic E-state index is 0. The van der Waals surface area contributed by atoms with E-state index in [-0.39, 0.29) is 59.0 Å². The molecule has 1 spiro atoms. The molecule has 0 unspecified atom stereocenters. The summed E-state index contributed by atoms with van der Waals surface area (Å²) in [6.45, 7) is 1.86. The number of halogens is 4. The summed E-state index contributed by atoms with van der Waals surface area (Å²) in [5.74, 6) is -0.824. The number of likely N-dealkylation sites (tertiary alicyclic amines) is 1. The van der Waals surface area contributed by atoms with Gasteiger partial charge in [0.25, 0.3) is 15.9 Å². The lowest BCUT2D eigenvalue weighted by molar-refractivity contribution is -0.137. The predicted molar refractivity (Wildman–Crippen MR) is 159 cm³/mol. The Labute approximate surface area is 264 Å². The molecule has 0 aromatic heterocycles. The highest BCUT2D eigenvalue weighted by Crippen LogP contribution is 2.45. The zero-order valence-electron chi connectivity index (χ0n) is 24.7. The van der Waals surface area contributed by atoms with Crippen LogP contribution in [0.25, 0.3) is 0 Å². The van der Waals surface area contributed by atoms with Crippen molar-refractivity contribution in [1.82, 2.24) is 15.5 Å². The number of carbonyl (C=O) groups excluding carboxylic acids is 3. The number of amides is 3. The number of carbonyl (C=O) groups is 3. The first-order valence-electron chi connectivity index (χ1n) is 13.7. The summed E-state index contributed by atoms with van der Waals surface area (Å²) in [5.41, 5.74) is -2.12. The average Bonchev–Trinajstić information content (AvgIpc) is 3.26. The molecule has 12 nitrogen and oxygen atoms in total. The van der Waals surface area contributed by atoms with Crippen molar-refractivity contribution in [3.8, 4) is 17.2 Å². The topological polar surface area (TPSA) is 152 Å². The Morgan fingerprint density at radius 1 is 1.00 bits per heavy atom. The number of unbranched alkanes of at least 4 members (excludes halogenated alkanes) is 1. The number of ether oxygens (including phenoxy) is 3. The second-order valence-corrected chi connectivity index (χ2v) is 12.1. The van der Waals surface area contributed by atoms with E-state index in [9.17, 15) is 36.0 Å². The lowest BCUT2D eigenvalue weighted by Gasteiger charge is -2.36. The van der Waals surface area contributed by atoms with Gasteiger partial charge in [0.1, 0.15) is 22.5 Å². The van der Waals surface area contributed by atoms with Crippen LogP contribution in [-0.4, -0.2) is 77.5 Å². The van der Waals surface area contributed by atoms with Crippen molar-refractivity contribution >= 4 is 45.8 Å². The summed E-state index contributed by atoms with van der Waals surface area (Å²) in [7, 11) is -0.609. The van der Waals surface area contributed by atoms with Crippen LogP contribution in [0.4, 0.5) is 23.7 Å². The van der Waals surface area contributed by atoms with Gasteiger partial charge in [0.2, 0.25) is 0 Å². The van der Waals surface area contributed by atoms with E-state index >= 15 is 0 Å². The van der Waals surface area contributed by atoms with Crippen molar-refractivity contribution in [2.24, 2.45) is 0 Å². The minimum Gasteiger partial charge on any atom is -0.496 e. The van der Waals surface area contributed by atoms with Crippen LogP contribution in [0.2, 0.25) is 0 Å². The number of benzene rings is 2. The first-order valence-corrected chi connectivity index (χ1v) is 15.1. The summed E-state index contributed by atoms with van der Waals surface area (Å²) < 4.78 is 83.7. The van der Waals surface area contributed by atoms with Gasteiger partial charge < -0.3 is 24.4 Å². The molecule has 248 valence electrons. The number of sulfonamides is 1. The van der Waals surface area contributed by atoms with E-state index in [4.69, 9.17) is 14.2 Å². The third kappa shape index (κ3) is 7.73. The molecule has 2 aliphatic rings. The highest BCUT2D eigenvalue weighted by atomic mass is 35.5. The molecule has 2 fully saturated rings. The molecule has 3 N–H and O–H groups in total. The van der Waals surface area contributed by atoms with Gasteiger partial charge in [-0.3, -0.25) is 19.6 Å². The van der Waals surface area contributed by atoms with Crippen molar-refractivity contribution in [1.29, 1.82) is 0 Å². The molecule has 2 heterocycles. The molecule has 4 rings (SSSR count). The molecule has 0 radical (unpaired) electrons. The Morgan fingerprint density at radius 3 is 2.13 bits per heavy atom. The van der Waals surface area contributed by atoms with E-state index in [1.165, 1.54) is 27.4 Å². The molecule has 0 atom stereocenters. The molecular formula is C28H34ClF3N4O8S. The van der Waals surface area contributed by atoms with Crippen LogP contribution in [-0.2, 0) is 21.0 Å². The Balaban J connectivity index is 0.00000552. The van der Waals surface area contributed by atoms with Gasteiger partial charge in [-0.15, -0.1) is 12.4 Å². The van der Waals surface area contributed by atoms with Gasteiger partial charge in [-0.05, 0) is 56.5 Å². The highest BCUT2D eigenvalue weighted by molar-refractivity contribution is 7.92. The maximum atomic E-state index is 13.4. The first kappa shape index (κ1) is 35.7. The molecule has 2 aromatic rings. The van der Waals surface area contributed by atoms with Gasteiger partial charge in [0, 0.05) is 25.6 Å². The fourth-order valence-corrected chi connectivity index (χ4v) is 6.37. The second kappa shape index (κ2) is 14.1. The molecule has 2 aromatic carbocycles. The number of anilines is 1. The van der Waals surface area contributed by atoms with Crippen LogP contribution >= 0.6 is 12.4 Å². The lowest BCUT2D eigenvalue weighted by Crippen LogP contribution is -2.54. The summed E-state index contributed by atoms with van der Waals surface area (Å²) in [6, 6.07) is 3.78. The number of piperidine rings is 1. The fourth-order valence-electron chi connectivity index (χ4n) is 5.30. The van der Waals surface area contributed by atoms with Crippen LogP contribution in [0.15, 0.2) is 35.2 Å². The summed E-state index contributed by atoms with van der Waals surface area (Å²) in [4.78, 5) is 38.8. The Bertz CT molecular complexity index is 1530. The van der Waals surface area contributed by atoms with Gasteiger partial charge in [0.15, 0.2) is 17.3 Å². The molecule has 45 heavy (non-hydrogen) atoms. The Kier molecular flexibility index (Phi) is 11.2. The number of nitrogens with one attached hydrogen (secondary N) is 3. The van der Waals surface area contributed by atoms with Crippen molar-refractivity contribution in [2.45, 2.75) is 48.7 Å². The van der Waals surface area contributed by atoms with Crippen LogP contribution in [0.5, 0.6) is 17.2 Å². The summed E-state index contributed by atoms with van der Waals surface area (Å²) in [6.07, 6.45) is -2.49. The molecule has 3 amide bonds. The molecule has 0 saturated carbocycles. The van der Waals surface area contributed by atoms with Gasteiger partial charge >= 0.3 is 12.2 Å². The maximum Gasteiger partial charge on any atom is 0.416 e. The Morgan fingerprint density at radius 2 is 1.62 bits per heavy atom. The monoisotopic (exact) mass is 678 g/mol. The number of urea groups is 1. The normalized spacial score (nSPS) is 16.4. The number of hydrogen-bond donors (Lipinski definition) is 3. The molecular weight excluding hydrogens is 645 g/mol. The molecule has 0 bridgehead atoms. The summed E-state index contributed by atoms with van der Waals surface area (Å²) >= 11 is 0. The summed E-state index contributed by atoms with van der Waals surface area (Å²) in [5, 5.41) is 5.00. The van der Waals surface area contributed by atoms with Gasteiger partial charge in [0.05, 0.1) is 31.8 Å². The van der Waals surface area contributed by atoms with Gasteiger partial charge in [-0.1, -0.05) is 0 Å². The van der Waals surface area contributed by atoms with E-state index in [0.29, 0.717) is 57.5 Å². The van der Waals surface area contributed by atoms with Crippen LogP contribution in [0.1, 0.15) is 48.0 Å². The molecule has 0 aliphatic carbocycles. The standard InChI is InChI=1S/C28H33F3N4O8S.ClH/c1-41-20-16-21(42-2)23(34-44(39,40)18-9-7-17(8-10-18)28(29,30)31)24(43-3)22(20)19(36)6-4-5-13-35-14-11-27(12-15-35)25(37)32-26(38)33-27;/h7-10,16,34H,4-6,11-15H2,1-3H3,(H2,32,33,37,38);1H. The van der Waals surface area contributed by atoms with E-state index in [0.717, 1.165) is 12.1 Å². The van der Waals surface area contributed by atoms with Crippen LogP contribution < -0.4 is 29.6 Å². The number of rotatable bonds is 12. The number of methoxy groups -OCH3 is 3. The van der Waals surface area contributed by atoms with E-state index in [2.05, 4.69) is 20.3 Å². The van der Waals surface area contributed by atoms with Crippen LogP contribution in [0.3, 0.4) is 0 Å². The van der Waals surface area contributed by atoms with Crippen molar-refractivity contribution in [3.05, 3.63) is 41.5 Å². The zero-order valence-corrected chi connectivity index (χ0v) is 26.3. The molecule has 17 heteroatoms. The smallest absolute Gasteiger partial charge is 0.416 e. The van der Waals surface area contributed by atoms with Crippen molar-refractivity contribution < 1.29 is 50.2 Å². The SMILES string of the molecule is COc1cc(OC)c(C(=O)CCCCN2CCC3(CC2)NC(=O)NC3=O)c(OC)c1NS(=O)(=O)c1ccc(C(F)(F)F)cc1.Cl. The second-order valence-electron chi connectivity index (χ2n) is 10.4. The quantitative estimate of drug-likeness (QED) is 0.172. The minimum atomic E-state index is -4.64. The van der Waals surface area contributed by atoms with Crippen molar-refractivity contribution in [3.63, 3.8) is 0 Å². The lowest BCUT2D eigenvalue weighted by atomic mass is 9.87. The van der Waals surface area contributed by atoms with Crippen LogP contribution in [0, 0.1) is 0 Å². The first-order chi connectivity index (χ1) is 20.7. The van der Waals surface area contributed by atoms with E-state index < -0.39 is 38.2 Å². The van der Waals surface area contributed by atoms with Gasteiger partial charge in [-0.2, -0.15) is 13.2 Å². The third-order valence-electron chi connectivity index (χ3n) is 7.71. The molecule has 2 aliphatic heterocycles. The third-order valence-corrected chi connectivity index (χ3v) is 9.08. The molecule has 2 saturated heterocycles.